The first kappa shape index (κ1) is 15.4. The summed E-state index contributed by atoms with van der Waals surface area (Å²) in [6.45, 7) is 8.28. The van der Waals surface area contributed by atoms with Gasteiger partial charge in [-0.25, -0.2) is 9.97 Å². The Labute approximate surface area is 126 Å². The maximum Gasteiger partial charge on any atom is 0.321 e. The number of hydrogen-bond acceptors (Lipinski definition) is 4. The molecule has 21 heavy (non-hydrogen) atoms. The van der Waals surface area contributed by atoms with Gasteiger partial charge in [0.1, 0.15) is 5.75 Å². The third-order valence-corrected chi connectivity index (χ3v) is 3.19. The normalized spacial score (nSPS) is 10.9. The van der Waals surface area contributed by atoms with Crippen molar-refractivity contribution in [1.29, 1.82) is 0 Å². The molecule has 0 radical (unpaired) electrons. The summed E-state index contributed by atoms with van der Waals surface area (Å²) in [7, 11) is 0. The minimum absolute atomic E-state index is 0.381. The maximum absolute atomic E-state index is 5.65. The first-order valence-electron chi connectivity index (χ1n) is 7.48. The molecule has 0 unspecified atom stereocenters. The molecule has 0 amide bonds. The molecule has 1 N–H and O–H groups in total. The smallest absolute Gasteiger partial charge is 0.321 e. The lowest BCUT2D eigenvalue weighted by Gasteiger charge is -2.08. The van der Waals surface area contributed by atoms with Crippen molar-refractivity contribution in [2.24, 2.45) is 0 Å². The van der Waals surface area contributed by atoms with E-state index < -0.39 is 0 Å². The van der Waals surface area contributed by atoms with Gasteiger partial charge in [0.15, 0.2) is 0 Å². The van der Waals surface area contributed by atoms with E-state index in [0.29, 0.717) is 11.9 Å². The second kappa shape index (κ2) is 7.74. The monoisotopic (exact) mass is 285 g/mol. The van der Waals surface area contributed by atoms with E-state index in [1.165, 1.54) is 5.56 Å². The summed E-state index contributed by atoms with van der Waals surface area (Å²) in [5, 5.41) is 3.32. The van der Waals surface area contributed by atoms with Crippen molar-refractivity contribution in [2.45, 2.75) is 39.7 Å². The highest BCUT2D eigenvalue weighted by atomic mass is 16.5. The van der Waals surface area contributed by atoms with Crippen LogP contribution in [-0.2, 0) is 6.54 Å². The largest absolute Gasteiger partial charge is 0.424 e. The lowest BCUT2D eigenvalue weighted by molar-refractivity contribution is 0.440. The molecule has 0 aliphatic heterocycles. The fourth-order valence-electron chi connectivity index (χ4n) is 1.92. The van der Waals surface area contributed by atoms with Crippen molar-refractivity contribution in [2.75, 3.05) is 6.54 Å². The van der Waals surface area contributed by atoms with E-state index in [-0.39, 0.29) is 0 Å². The molecule has 2 aromatic rings. The molecule has 0 spiro atoms. The summed E-state index contributed by atoms with van der Waals surface area (Å²) in [5.74, 6) is 1.28. The van der Waals surface area contributed by atoms with Gasteiger partial charge in [0.2, 0.25) is 0 Å². The van der Waals surface area contributed by atoms with Crippen LogP contribution < -0.4 is 10.1 Å². The zero-order valence-corrected chi connectivity index (χ0v) is 13.0. The highest BCUT2D eigenvalue weighted by Gasteiger charge is 2.03. The Morgan fingerprint density at radius 2 is 1.76 bits per heavy atom. The van der Waals surface area contributed by atoms with Crippen LogP contribution in [0.2, 0.25) is 0 Å². The van der Waals surface area contributed by atoms with Crippen LogP contribution in [0.4, 0.5) is 0 Å². The van der Waals surface area contributed by atoms with Gasteiger partial charge in [-0.05, 0) is 36.6 Å². The van der Waals surface area contributed by atoms with Gasteiger partial charge in [0.25, 0.3) is 0 Å². The molecule has 1 aromatic carbocycles. The maximum atomic E-state index is 5.65. The second-order valence-electron chi connectivity index (χ2n) is 5.38. The number of nitrogens with one attached hydrogen (secondary N) is 1. The van der Waals surface area contributed by atoms with Gasteiger partial charge in [0.05, 0.1) is 0 Å². The Morgan fingerprint density at radius 1 is 1.10 bits per heavy atom. The predicted octanol–water partition coefficient (Wildman–Crippen LogP) is 3.89. The van der Waals surface area contributed by atoms with E-state index in [9.17, 15) is 0 Å². The zero-order valence-electron chi connectivity index (χ0n) is 13.0. The quantitative estimate of drug-likeness (QED) is 0.784. The molecule has 4 heteroatoms. The zero-order chi connectivity index (χ0) is 15.1. The van der Waals surface area contributed by atoms with Crippen LogP contribution in [0.5, 0.6) is 11.8 Å². The van der Waals surface area contributed by atoms with E-state index >= 15 is 0 Å². The van der Waals surface area contributed by atoms with Crippen molar-refractivity contribution in [3.63, 3.8) is 0 Å². The summed E-state index contributed by atoms with van der Waals surface area (Å²) >= 11 is 0. The van der Waals surface area contributed by atoms with Crippen LogP contribution in [0.15, 0.2) is 36.7 Å². The SMILES string of the molecule is CCCNCc1cnc(Oc2ccc(C(C)C)cc2)nc1. The number of aromatic nitrogens is 2. The van der Waals surface area contributed by atoms with Crippen LogP contribution in [0.25, 0.3) is 0 Å². The molecule has 0 atom stereocenters. The van der Waals surface area contributed by atoms with Crippen molar-refractivity contribution >= 4 is 0 Å². The van der Waals surface area contributed by atoms with E-state index in [0.717, 1.165) is 30.8 Å². The average Bonchev–Trinajstić information content (AvgIpc) is 2.50. The fraction of sp³-hybridized carbons (Fsp3) is 0.412. The molecule has 0 saturated heterocycles. The van der Waals surface area contributed by atoms with Gasteiger partial charge < -0.3 is 10.1 Å². The second-order valence-corrected chi connectivity index (χ2v) is 5.38. The number of ether oxygens (including phenoxy) is 1. The number of nitrogens with zero attached hydrogens (tertiary/aromatic N) is 2. The van der Waals surface area contributed by atoms with Gasteiger partial charge in [-0.15, -0.1) is 0 Å². The van der Waals surface area contributed by atoms with Crippen molar-refractivity contribution in [3.8, 4) is 11.8 Å². The molecule has 0 aliphatic rings. The van der Waals surface area contributed by atoms with Gasteiger partial charge in [-0.2, -0.15) is 0 Å². The first-order chi connectivity index (χ1) is 10.2. The molecule has 4 nitrogen and oxygen atoms in total. The topological polar surface area (TPSA) is 47.0 Å². The Balaban J connectivity index is 1.93. The summed E-state index contributed by atoms with van der Waals surface area (Å²) in [5.41, 5.74) is 2.35. The summed E-state index contributed by atoms with van der Waals surface area (Å²) in [4.78, 5) is 8.47. The Morgan fingerprint density at radius 3 is 2.33 bits per heavy atom. The van der Waals surface area contributed by atoms with Gasteiger partial charge >= 0.3 is 6.01 Å². The van der Waals surface area contributed by atoms with E-state index in [1.54, 1.807) is 12.4 Å². The van der Waals surface area contributed by atoms with E-state index in [1.807, 2.05) is 12.1 Å². The Kier molecular flexibility index (Phi) is 5.69. The predicted molar refractivity (Wildman–Crippen MR) is 84.6 cm³/mol. The number of rotatable bonds is 7. The van der Waals surface area contributed by atoms with Gasteiger partial charge in [0, 0.05) is 24.5 Å². The third-order valence-electron chi connectivity index (χ3n) is 3.19. The van der Waals surface area contributed by atoms with Crippen LogP contribution in [0, 0.1) is 0 Å². The Hall–Kier alpha value is -1.94. The molecule has 0 aliphatic carbocycles. The van der Waals surface area contributed by atoms with Gasteiger partial charge in [-0.1, -0.05) is 32.9 Å². The Bertz CT molecular complexity index is 535. The molecule has 1 heterocycles. The first-order valence-corrected chi connectivity index (χ1v) is 7.48. The van der Waals surface area contributed by atoms with Crippen molar-refractivity contribution in [1.82, 2.24) is 15.3 Å². The minimum Gasteiger partial charge on any atom is -0.424 e. The molecule has 112 valence electrons. The summed E-state index contributed by atoms with van der Waals surface area (Å²) < 4.78 is 5.65. The molecule has 0 fully saturated rings. The van der Waals surface area contributed by atoms with Crippen LogP contribution in [0.1, 0.15) is 44.2 Å². The van der Waals surface area contributed by atoms with Crippen LogP contribution in [-0.4, -0.2) is 16.5 Å². The fourth-order valence-corrected chi connectivity index (χ4v) is 1.92. The summed E-state index contributed by atoms with van der Waals surface area (Å²) in [6, 6.07) is 8.43. The van der Waals surface area contributed by atoms with E-state index in [2.05, 4.69) is 48.2 Å². The van der Waals surface area contributed by atoms with Crippen molar-refractivity contribution in [3.05, 3.63) is 47.8 Å². The standard InChI is InChI=1S/C17H23N3O/c1-4-9-18-10-14-11-19-17(20-12-14)21-16-7-5-15(6-8-16)13(2)3/h5-8,11-13,18H,4,9-10H2,1-3H3. The molecular formula is C17H23N3O. The molecule has 0 bridgehead atoms. The molecular weight excluding hydrogens is 262 g/mol. The van der Waals surface area contributed by atoms with Crippen molar-refractivity contribution < 1.29 is 4.74 Å². The van der Waals surface area contributed by atoms with Gasteiger partial charge in [-0.3, -0.25) is 0 Å². The van der Waals surface area contributed by atoms with Crippen LogP contribution >= 0.6 is 0 Å². The molecule has 2 rings (SSSR count). The number of hydrogen-bond donors (Lipinski definition) is 1. The molecule has 0 saturated carbocycles. The molecule has 1 aromatic heterocycles. The summed E-state index contributed by atoms with van der Waals surface area (Å²) in [6.07, 6.45) is 4.72. The lowest BCUT2D eigenvalue weighted by Crippen LogP contribution is -2.14. The average molecular weight is 285 g/mol. The lowest BCUT2D eigenvalue weighted by atomic mass is 10.0. The highest BCUT2D eigenvalue weighted by Crippen LogP contribution is 2.21. The van der Waals surface area contributed by atoms with E-state index in [4.69, 9.17) is 4.74 Å². The third kappa shape index (κ3) is 4.83. The number of benzene rings is 1. The minimum atomic E-state index is 0.381. The highest BCUT2D eigenvalue weighted by molar-refractivity contribution is 5.30. The van der Waals surface area contributed by atoms with Crippen LogP contribution in [0.3, 0.4) is 0 Å².